The smallest absolute Gasteiger partial charge is 0.00784 e. The molecule has 60 valence electrons. The Bertz CT molecular complexity index is 108. The molecular formula is C8H16S2. The monoisotopic (exact) mass is 176 g/mol. The van der Waals surface area contributed by atoms with Crippen LogP contribution in [0.1, 0.15) is 33.1 Å². The molecule has 1 rings (SSSR count). The highest BCUT2D eigenvalue weighted by Crippen LogP contribution is 2.41. The van der Waals surface area contributed by atoms with E-state index in [1.54, 1.807) is 0 Å². The van der Waals surface area contributed by atoms with Crippen LogP contribution in [0.4, 0.5) is 0 Å². The van der Waals surface area contributed by atoms with E-state index in [1.807, 2.05) is 0 Å². The van der Waals surface area contributed by atoms with Gasteiger partial charge in [-0.2, -0.15) is 25.3 Å². The van der Waals surface area contributed by atoms with Crippen molar-refractivity contribution in [3.05, 3.63) is 0 Å². The fourth-order valence-corrected chi connectivity index (χ4v) is 2.31. The Balaban J connectivity index is 2.63. The molecular weight excluding hydrogens is 160 g/mol. The lowest BCUT2D eigenvalue weighted by molar-refractivity contribution is 0.271. The average Bonchev–Trinajstić information content (AvgIpc) is 1.84. The third kappa shape index (κ3) is 1.48. The predicted octanol–water partition coefficient (Wildman–Crippen LogP) is 2.79. The molecule has 2 unspecified atom stereocenters. The van der Waals surface area contributed by atoms with Crippen LogP contribution in [-0.2, 0) is 0 Å². The van der Waals surface area contributed by atoms with Gasteiger partial charge in [0.1, 0.15) is 0 Å². The Kier molecular flexibility index (Phi) is 2.62. The molecule has 0 radical (unpaired) electrons. The molecule has 0 bridgehead atoms. The standard InChI is InChI=1S/C8H16S2/c1-8(2)6(9)4-3-5-7(8)10/h6-7,9-10H,3-5H2,1-2H3. The fourth-order valence-electron chi connectivity index (χ4n) is 1.47. The lowest BCUT2D eigenvalue weighted by atomic mass is 9.76. The zero-order chi connectivity index (χ0) is 7.78. The summed E-state index contributed by atoms with van der Waals surface area (Å²) in [6.07, 6.45) is 3.81. The SMILES string of the molecule is CC1(C)C(S)CCCC1S. The average molecular weight is 176 g/mol. The van der Waals surface area contributed by atoms with Crippen molar-refractivity contribution < 1.29 is 0 Å². The van der Waals surface area contributed by atoms with E-state index in [2.05, 4.69) is 39.1 Å². The van der Waals surface area contributed by atoms with Gasteiger partial charge in [-0.25, -0.2) is 0 Å². The van der Waals surface area contributed by atoms with E-state index in [0.717, 1.165) is 0 Å². The van der Waals surface area contributed by atoms with Crippen molar-refractivity contribution in [1.82, 2.24) is 0 Å². The van der Waals surface area contributed by atoms with E-state index in [1.165, 1.54) is 19.3 Å². The van der Waals surface area contributed by atoms with Gasteiger partial charge in [0.25, 0.3) is 0 Å². The third-order valence-electron chi connectivity index (χ3n) is 2.67. The normalized spacial score (nSPS) is 39.6. The zero-order valence-electron chi connectivity index (χ0n) is 6.67. The van der Waals surface area contributed by atoms with E-state index in [4.69, 9.17) is 0 Å². The number of hydrogen-bond acceptors (Lipinski definition) is 2. The second-order valence-electron chi connectivity index (χ2n) is 3.78. The summed E-state index contributed by atoms with van der Waals surface area (Å²) in [4.78, 5) is 0. The minimum absolute atomic E-state index is 0.324. The lowest BCUT2D eigenvalue weighted by Crippen LogP contribution is -2.38. The van der Waals surface area contributed by atoms with Crippen molar-refractivity contribution in [2.45, 2.75) is 43.6 Å². The first kappa shape index (κ1) is 8.79. The number of thiol groups is 2. The van der Waals surface area contributed by atoms with Gasteiger partial charge in [-0.1, -0.05) is 20.3 Å². The van der Waals surface area contributed by atoms with Gasteiger partial charge in [0.05, 0.1) is 0 Å². The topological polar surface area (TPSA) is 0 Å². The molecule has 1 fully saturated rings. The van der Waals surface area contributed by atoms with Gasteiger partial charge < -0.3 is 0 Å². The van der Waals surface area contributed by atoms with Crippen molar-refractivity contribution in [2.75, 3.05) is 0 Å². The van der Waals surface area contributed by atoms with Crippen LogP contribution in [0.25, 0.3) is 0 Å². The van der Waals surface area contributed by atoms with Crippen molar-refractivity contribution in [3.63, 3.8) is 0 Å². The van der Waals surface area contributed by atoms with E-state index in [9.17, 15) is 0 Å². The summed E-state index contributed by atoms with van der Waals surface area (Å²) in [5, 5.41) is 1.09. The zero-order valence-corrected chi connectivity index (χ0v) is 8.46. The molecule has 0 nitrogen and oxygen atoms in total. The summed E-state index contributed by atoms with van der Waals surface area (Å²) >= 11 is 9.10. The Morgan fingerprint density at radius 2 is 1.50 bits per heavy atom. The maximum atomic E-state index is 4.55. The molecule has 0 heterocycles. The van der Waals surface area contributed by atoms with Gasteiger partial charge in [-0.15, -0.1) is 0 Å². The Hall–Kier alpha value is 0.700. The van der Waals surface area contributed by atoms with E-state index < -0.39 is 0 Å². The fraction of sp³-hybridized carbons (Fsp3) is 1.00. The Labute approximate surface area is 74.6 Å². The van der Waals surface area contributed by atoms with Crippen LogP contribution in [-0.4, -0.2) is 10.5 Å². The quantitative estimate of drug-likeness (QED) is 0.521. The molecule has 0 amide bonds. The molecule has 0 aromatic heterocycles. The number of rotatable bonds is 0. The van der Waals surface area contributed by atoms with Gasteiger partial charge in [0, 0.05) is 10.5 Å². The molecule has 0 aliphatic heterocycles. The second kappa shape index (κ2) is 2.98. The first-order valence-corrected chi connectivity index (χ1v) is 4.94. The molecule has 1 aliphatic rings. The number of hydrogen-bond donors (Lipinski definition) is 2. The van der Waals surface area contributed by atoms with Gasteiger partial charge in [0.15, 0.2) is 0 Å². The molecule has 0 spiro atoms. The lowest BCUT2D eigenvalue weighted by Gasteiger charge is -2.40. The summed E-state index contributed by atoms with van der Waals surface area (Å²) in [6, 6.07) is 0. The maximum Gasteiger partial charge on any atom is 0.00784 e. The van der Waals surface area contributed by atoms with Crippen LogP contribution in [0.15, 0.2) is 0 Å². The summed E-state index contributed by atoms with van der Waals surface area (Å²) < 4.78 is 0. The van der Waals surface area contributed by atoms with Crippen LogP contribution >= 0.6 is 25.3 Å². The molecule has 2 atom stereocenters. The van der Waals surface area contributed by atoms with Crippen LogP contribution < -0.4 is 0 Å². The molecule has 0 saturated heterocycles. The molecule has 10 heavy (non-hydrogen) atoms. The summed E-state index contributed by atoms with van der Waals surface area (Å²) in [7, 11) is 0. The van der Waals surface area contributed by atoms with Gasteiger partial charge >= 0.3 is 0 Å². The Morgan fingerprint density at radius 3 is 1.80 bits per heavy atom. The van der Waals surface area contributed by atoms with Gasteiger partial charge in [-0.05, 0) is 18.3 Å². The highest BCUT2D eigenvalue weighted by molar-refractivity contribution is 7.82. The summed E-state index contributed by atoms with van der Waals surface area (Å²) in [5.41, 5.74) is 0.324. The third-order valence-corrected chi connectivity index (χ3v) is 4.52. The Morgan fingerprint density at radius 1 is 1.10 bits per heavy atom. The first-order valence-electron chi connectivity index (χ1n) is 3.91. The summed E-state index contributed by atoms with van der Waals surface area (Å²) in [6.45, 7) is 4.53. The highest BCUT2D eigenvalue weighted by atomic mass is 32.1. The van der Waals surface area contributed by atoms with Crippen LogP contribution in [0.5, 0.6) is 0 Å². The largest absolute Gasteiger partial charge is 0.175 e. The van der Waals surface area contributed by atoms with Crippen molar-refractivity contribution in [1.29, 1.82) is 0 Å². The molecule has 1 aliphatic carbocycles. The minimum atomic E-state index is 0.324. The van der Waals surface area contributed by atoms with Gasteiger partial charge in [-0.3, -0.25) is 0 Å². The molecule has 1 saturated carbocycles. The molecule has 2 heteroatoms. The molecule has 0 aromatic rings. The first-order chi connectivity index (χ1) is 4.55. The molecule has 0 aromatic carbocycles. The van der Waals surface area contributed by atoms with Crippen molar-refractivity contribution in [3.8, 4) is 0 Å². The van der Waals surface area contributed by atoms with Crippen molar-refractivity contribution >= 4 is 25.3 Å². The van der Waals surface area contributed by atoms with Gasteiger partial charge in [0.2, 0.25) is 0 Å². The van der Waals surface area contributed by atoms with E-state index in [0.29, 0.717) is 15.9 Å². The van der Waals surface area contributed by atoms with E-state index in [-0.39, 0.29) is 0 Å². The van der Waals surface area contributed by atoms with Crippen LogP contribution in [0.3, 0.4) is 0 Å². The maximum absolute atomic E-state index is 4.55. The second-order valence-corrected chi connectivity index (χ2v) is 5.03. The van der Waals surface area contributed by atoms with E-state index >= 15 is 0 Å². The van der Waals surface area contributed by atoms with Crippen LogP contribution in [0, 0.1) is 5.41 Å². The molecule has 0 N–H and O–H groups in total. The highest BCUT2D eigenvalue weighted by Gasteiger charge is 2.36. The van der Waals surface area contributed by atoms with Crippen molar-refractivity contribution in [2.24, 2.45) is 5.41 Å². The predicted molar refractivity (Wildman–Crippen MR) is 53.2 cm³/mol. The van der Waals surface area contributed by atoms with Crippen LogP contribution in [0.2, 0.25) is 0 Å². The summed E-state index contributed by atoms with van der Waals surface area (Å²) in [5.74, 6) is 0. The minimum Gasteiger partial charge on any atom is -0.175 e.